The fourth-order valence-corrected chi connectivity index (χ4v) is 3.12. The van der Waals surface area contributed by atoms with Gasteiger partial charge in [0.25, 0.3) is 5.91 Å². The van der Waals surface area contributed by atoms with E-state index < -0.39 is 11.1 Å². The summed E-state index contributed by atoms with van der Waals surface area (Å²) >= 11 is 0. The molecule has 27 heavy (non-hydrogen) atoms. The quantitative estimate of drug-likeness (QED) is 0.676. The highest BCUT2D eigenvalue weighted by Crippen LogP contribution is 2.24. The average molecular weight is 367 g/mol. The number of hydrogen-bond donors (Lipinski definition) is 2. The number of hydrogen-bond acceptors (Lipinski definition) is 4. The number of nitrogens with zero attached hydrogens (tertiary/aromatic N) is 1. The summed E-state index contributed by atoms with van der Waals surface area (Å²) in [4.78, 5) is 39.0. The van der Waals surface area contributed by atoms with Crippen molar-refractivity contribution in [3.8, 4) is 5.75 Å². The monoisotopic (exact) mass is 367 g/mol. The highest BCUT2D eigenvalue weighted by molar-refractivity contribution is 5.97. The Balaban J connectivity index is 1.93. The third-order valence-electron chi connectivity index (χ3n) is 4.51. The van der Waals surface area contributed by atoms with Crippen LogP contribution in [-0.4, -0.2) is 22.6 Å². The van der Waals surface area contributed by atoms with E-state index in [2.05, 4.69) is 10.3 Å². The molecule has 1 amide bonds. The molecule has 1 aromatic heterocycles. The number of aromatic nitrogens is 2. The van der Waals surface area contributed by atoms with E-state index >= 15 is 0 Å². The van der Waals surface area contributed by atoms with Gasteiger partial charge in [0.2, 0.25) is 0 Å². The summed E-state index contributed by atoms with van der Waals surface area (Å²) in [7, 11) is 1.58. The summed E-state index contributed by atoms with van der Waals surface area (Å²) in [5, 5.41) is 2.93. The molecule has 0 aliphatic heterocycles. The second kappa shape index (κ2) is 7.49. The highest BCUT2D eigenvalue weighted by atomic mass is 16.5. The molecule has 0 fully saturated rings. The number of para-hydroxylation sites is 1. The Morgan fingerprint density at radius 3 is 2.67 bits per heavy atom. The first-order valence-electron chi connectivity index (χ1n) is 8.67. The van der Waals surface area contributed by atoms with Crippen molar-refractivity contribution >= 4 is 16.9 Å². The Hall–Kier alpha value is -3.35. The van der Waals surface area contributed by atoms with Gasteiger partial charge in [-0.3, -0.25) is 14.4 Å². The molecule has 0 aliphatic carbocycles. The van der Waals surface area contributed by atoms with E-state index in [-0.39, 0.29) is 11.9 Å². The molecule has 7 heteroatoms. The molecule has 2 N–H and O–H groups in total. The van der Waals surface area contributed by atoms with Crippen molar-refractivity contribution in [2.45, 2.75) is 26.4 Å². The summed E-state index contributed by atoms with van der Waals surface area (Å²) in [6.45, 7) is 4.03. The van der Waals surface area contributed by atoms with E-state index in [1.54, 1.807) is 32.2 Å². The van der Waals surface area contributed by atoms with Crippen molar-refractivity contribution in [2.24, 2.45) is 0 Å². The van der Waals surface area contributed by atoms with Crippen molar-refractivity contribution in [3.63, 3.8) is 0 Å². The van der Waals surface area contributed by atoms with E-state index in [1.807, 2.05) is 31.2 Å². The van der Waals surface area contributed by atoms with Crippen LogP contribution in [-0.2, 0) is 6.54 Å². The van der Waals surface area contributed by atoms with Crippen molar-refractivity contribution in [2.75, 3.05) is 7.11 Å². The van der Waals surface area contributed by atoms with E-state index in [0.717, 1.165) is 5.56 Å². The van der Waals surface area contributed by atoms with Crippen LogP contribution >= 0.6 is 0 Å². The Morgan fingerprint density at radius 2 is 1.96 bits per heavy atom. The van der Waals surface area contributed by atoms with E-state index in [9.17, 15) is 14.4 Å². The molecule has 0 aliphatic rings. The van der Waals surface area contributed by atoms with Crippen LogP contribution in [0.3, 0.4) is 0 Å². The SMILES string of the molecule is CCn1c(=O)c(=O)[nH]c2cc(C(=O)NC(C)c3ccccc3OC)ccc21. The number of fused-ring (bicyclic) bond motifs is 1. The number of benzene rings is 2. The third-order valence-corrected chi connectivity index (χ3v) is 4.51. The predicted molar refractivity (Wildman–Crippen MR) is 103 cm³/mol. The largest absolute Gasteiger partial charge is 0.496 e. The number of amides is 1. The number of aromatic amines is 1. The molecule has 7 nitrogen and oxygen atoms in total. The zero-order valence-corrected chi connectivity index (χ0v) is 15.4. The molecule has 1 unspecified atom stereocenters. The topological polar surface area (TPSA) is 93.2 Å². The Bertz CT molecular complexity index is 1110. The molecular formula is C20H21N3O4. The zero-order valence-electron chi connectivity index (χ0n) is 15.4. The van der Waals surface area contributed by atoms with Crippen molar-refractivity contribution in [1.29, 1.82) is 0 Å². The molecule has 1 atom stereocenters. The first-order valence-corrected chi connectivity index (χ1v) is 8.67. The van der Waals surface area contributed by atoms with Gasteiger partial charge in [0.05, 0.1) is 24.2 Å². The first kappa shape index (κ1) is 18.4. The first-order chi connectivity index (χ1) is 13.0. The van der Waals surface area contributed by atoms with Gasteiger partial charge in [-0.25, -0.2) is 0 Å². The summed E-state index contributed by atoms with van der Waals surface area (Å²) < 4.78 is 6.72. The fraction of sp³-hybridized carbons (Fsp3) is 0.250. The summed E-state index contributed by atoms with van der Waals surface area (Å²) in [6, 6.07) is 12.1. The molecule has 3 aromatic rings. The lowest BCUT2D eigenvalue weighted by Gasteiger charge is -2.17. The Kier molecular flexibility index (Phi) is 5.12. The number of rotatable bonds is 5. The molecule has 0 spiro atoms. The maximum Gasteiger partial charge on any atom is 0.316 e. The van der Waals surface area contributed by atoms with Gasteiger partial charge in [-0.2, -0.15) is 0 Å². The molecule has 0 saturated heterocycles. The molecule has 0 saturated carbocycles. The molecule has 1 heterocycles. The Labute approximate surface area is 155 Å². The average Bonchev–Trinajstić information content (AvgIpc) is 2.68. The van der Waals surface area contributed by atoms with Gasteiger partial charge in [0.1, 0.15) is 5.75 Å². The molecule has 0 radical (unpaired) electrons. The van der Waals surface area contributed by atoms with E-state index in [0.29, 0.717) is 28.9 Å². The lowest BCUT2D eigenvalue weighted by molar-refractivity contribution is 0.0939. The van der Waals surface area contributed by atoms with Gasteiger partial charge in [-0.15, -0.1) is 0 Å². The highest BCUT2D eigenvalue weighted by Gasteiger charge is 2.16. The molecule has 0 bridgehead atoms. The summed E-state index contributed by atoms with van der Waals surface area (Å²) in [5.41, 5.74) is 0.968. The minimum Gasteiger partial charge on any atom is -0.496 e. The van der Waals surface area contributed by atoms with E-state index in [1.165, 1.54) is 4.57 Å². The zero-order chi connectivity index (χ0) is 19.6. The smallest absolute Gasteiger partial charge is 0.316 e. The third kappa shape index (κ3) is 3.48. The molecule has 140 valence electrons. The van der Waals surface area contributed by atoms with Crippen LogP contribution in [0.4, 0.5) is 0 Å². The fourth-order valence-electron chi connectivity index (χ4n) is 3.12. The van der Waals surface area contributed by atoms with Crippen molar-refractivity contribution in [3.05, 3.63) is 74.3 Å². The second-order valence-electron chi connectivity index (χ2n) is 6.17. The van der Waals surface area contributed by atoms with Crippen LogP contribution in [0.5, 0.6) is 5.75 Å². The van der Waals surface area contributed by atoms with Gasteiger partial charge >= 0.3 is 11.1 Å². The lowest BCUT2D eigenvalue weighted by atomic mass is 10.1. The maximum atomic E-state index is 12.7. The number of carbonyl (C=O) groups is 1. The van der Waals surface area contributed by atoms with Crippen LogP contribution in [0.15, 0.2) is 52.1 Å². The molecular weight excluding hydrogens is 346 g/mol. The standard InChI is InChI=1S/C20H21N3O4/c1-4-23-16-10-9-13(11-15(16)22-19(25)20(23)26)18(24)21-12(2)14-7-5-6-8-17(14)27-3/h5-12H,4H2,1-3H3,(H,21,24)(H,22,25). The summed E-state index contributed by atoms with van der Waals surface area (Å²) in [6.07, 6.45) is 0. The number of nitrogens with one attached hydrogen (secondary N) is 2. The van der Waals surface area contributed by atoms with Gasteiger partial charge in [-0.05, 0) is 38.1 Å². The number of methoxy groups -OCH3 is 1. The lowest BCUT2D eigenvalue weighted by Crippen LogP contribution is -2.36. The van der Waals surface area contributed by atoms with Crippen LogP contribution in [0, 0.1) is 0 Å². The maximum absolute atomic E-state index is 12.7. The van der Waals surface area contributed by atoms with Gasteiger partial charge in [-0.1, -0.05) is 18.2 Å². The number of carbonyl (C=O) groups excluding carboxylic acids is 1. The summed E-state index contributed by atoms with van der Waals surface area (Å²) in [5.74, 6) is 0.408. The molecule has 3 rings (SSSR count). The number of H-pyrrole nitrogens is 1. The second-order valence-corrected chi connectivity index (χ2v) is 6.17. The normalized spacial score (nSPS) is 12.0. The van der Waals surface area contributed by atoms with E-state index in [4.69, 9.17) is 4.74 Å². The molecule has 2 aromatic carbocycles. The Morgan fingerprint density at radius 1 is 1.22 bits per heavy atom. The van der Waals surface area contributed by atoms with Gasteiger partial charge in [0.15, 0.2) is 0 Å². The van der Waals surface area contributed by atoms with Crippen LogP contribution < -0.4 is 21.2 Å². The number of aryl methyl sites for hydroxylation is 1. The van der Waals surface area contributed by atoms with Crippen molar-refractivity contribution < 1.29 is 9.53 Å². The van der Waals surface area contributed by atoms with Crippen LogP contribution in [0.1, 0.15) is 35.8 Å². The van der Waals surface area contributed by atoms with Gasteiger partial charge < -0.3 is 19.6 Å². The minimum absolute atomic E-state index is 0.270. The predicted octanol–water partition coefficient (Wildman–Crippen LogP) is 2.21. The van der Waals surface area contributed by atoms with Crippen molar-refractivity contribution in [1.82, 2.24) is 14.9 Å². The van der Waals surface area contributed by atoms with Gasteiger partial charge in [0, 0.05) is 17.7 Å². The van der Waals surface area contributed by atoms with Crippen LogP contribution in [0.25, 0.3) is 11.0 Å². The number of ether oxygens (including phenoxy) is 1. The van der Waals surface area contributed by atoms with Crippen LogP contribution in [0.2, 0.25) is 0 Å². The minimum atomic E-state index is -0.704.